The van der Waals surface area contributed by atoms with Crippen LogP contribution in [-0.2, 0) is 5.60 Å². The molecule has 4 heteroatoms. The van der Waals surface area contributed by atoms with E-state index in [4.69, 9.17) is 0 Å². The first-order valence-corrected chi connectivity index (χ1v) is 4.52. The molecular formula is C9H13N3O. The number of aromatic nitrogens is 2. The molecular weight excluding hydrogens is 166 g/mol. The van der Waals surface area contributed by atoms with Gasteiger partial charge in [0.15, 0.2) is 0 Å². The van der Waals surface area contributed by atoms with Crippen LogP contribution < -0.4 is 5.32 Å². The predicted molar refractivity (Wildman–Crippen MR) is 48.0 cm³/mol. The number of piperidine rings is 1. The molecule has 1 aliphatic heterocycles. The lowest BCUT2D eigenvalue weighted by Gasteiger charge is -2.31. The van der Waals surface area contributed by atoms with Crippen LogP contribution in [-0.4, -0.2) is 28.4 Å². The Kier molecular flexibility index (Phi) is 2.24. The summed E-state index contributed by atoms with van der Waals surface area (Å²) in [6.07, 6.45) is 3.05. The van der Waals surface area contributed by atoms with Gasteiger partial charge in [0, 0.05) is 6.20 Å². The van der Waals surface area contributed by atoms with E-state index in [1.165, 1.54) is 0 Å². The fraction of sp³-hybridized carbons (Fsp3) is 0.556. The normalized spacial score (nSPS) is 21.3. The summed E-state index contributed by atoms with van der Waals surface area (Å²) in [5, 5.41) is 21.1. The zero-order valence-electron chi connectivity index (χ0n) is 7.40. The number of aliphatic hydroxyl groups is 1. The number of nitrogens with one attached hydrogen (secondary N) is 1. The van der Waals surface area contributed by atoms with Crippen molar-refractivity contribution in [1.29, 1.82) is 0 Å². The van der Waals surface area contributed by atoms with E-state index >= 15 is 0 Å². The number of nitrogens with zero attached hydrogens (tertiary/aromatic N) is 2. The topological polar surface area (TPSA) is 58.0 Å². The number of hydrogen-bond acceptors (Lipinski definition) is 4. The van der Waals surface area contributed by atoms with E-state index in [1.807, 2.05) is 12.1 Å². The van der Waals surface area contributed by atoms with Crippen molar-refractivity contribution in [2.45, 2.75) is 18.4 Å². The van der Waals surface area contributed by atoms with E-state index in [-0.39, 0.29) is 0 Å². The molecule has 2 heterocycles. The van der Waals surface area contributed by atoms with Crippen molar-refractivity contribution in [3.8, 4) is 0 Å². The molecule has 2 rings (SSSR count). The molecule has 1 aliphatic rings. The monoisotopic (exact) mass is 179 g/mol. The van der Waals surface area contributed by atoms with Gasteiger partial charge in [-0.2, -0.15) is 10.2 Å². The minimum absolute atomic E-state index is 0.691. The second kappa shape index (κ2) is 3.40. The summed E-state index contributed by atoms with van der Waals surface area (Å²) in [4.78, 5) is 0. The number of rotatable bonds is 1. The molecule has 1 aromatic heterocycles. The second-order valence-electron chi connectivity index (χ2n) is 3.39. The average Bonchev–Trinajstić information content (AvgIpc) is 2.20. The van der Waals surface area contributed by atoms with Crippen LogP contribution >= 0.6 is 0 Å². The molecule has 0 aliphatic carbocycles. The molecule has 0 unspecified atom stereocenters. The van der Waals surface area contributed by atoms with E-state index in [9.17, 15) is 5.11 Å². The maximum absolute atomic E-state index is 10.2. The average molecular weight is 179 g/mol. The molecule has 0 amide bonds. The van der Waals surface area contributed by atoms with Gasteiger partial charge in [-0.1, -0.05) is 0 Å². The molecule has 0 bridgehead atoms. The van der Waals surface area contributed by atoms with Crippen molar-refractivity contribution in [3.63, 3.8) is 0 Å². The van der Waals surface area contributed by atoms with Gasteiger partial charge in [-0.25, -0.2) is 0 Å². The van der Waals surface area contributed by atoms with Crippen LogP contribution in [0.2, 0.25) is 0 Å². The lowest BCUT2D eigenvalue weighted by atomic mass is 9.89. The first kappa shape index (κ1) is 8.59. The van der Waals surface area contributed by atoms with Crippen LogP contribution in [0.4, 0.5) is 0 Å². The van der Waals surface area contributed by atoms with Gasteiger partial charge in [-0.15, -0.1) is 0 Å². The van der Waals surface area contributed by atoms with Gasteiger partial charge in [0.2, 0.25) is 0 Å². The summed E-state index contributed by atoms with van der Waals surface area (Å²) in [5.41, 5.74) is -0.0732. The maximum atomic E-state index is 10.2. The van der Waals surface area contributed by atoms with Crippen molar-refractivity contribution in [2.75, 3.05) is 13.1 Å². The molecule has 70 valence electrons. The van der Waals surface area contributed by atoms with Gasteiger partial charge in [0.05, 0.1) is 5.69 Å². The highest BCUT2D eigenvalue weighted by molar-refractivity contribution is 5.11. The first-order chi connectivity index (χ1) is 6.31. The zero-order valence-corrected chi connectivity index (χ0v) is 7.40. The van der Waals surface area contributed by atoms with Gasteiger partial charge in [0.1, 0.15) is 5.60 Å². The van der Waals surface area contributed by atoms with Crippen LogP contribution in [0.15, 0.2) is 18.3 Å². The zero-order chi connectivity index (χ0) is 9.15. The highest BCUT2D eigenvalue weighted by Gasteiger charge is 2.32. The van der Waals surface area contributed by atoms with Gasteiger partial charge < -0.3 is 10.4 Å². The van der Waals surface area contributed by atoms with Crippen molar-refractivity contribution in [3.05, 3.63) is 24.0 Å². The summed E-state index contributed by atoms with van der Waals surface area (Å²) in [5.74, 6) is 0. The van der Waals surface area contributed by atoms with Crippen molar-refractivity contribution in [1.82, 2.24) is 15.5 Å². The quantitative estimate of drug-likeness (QED) is 0.639. The lowest BCUT2D eigenvalue weighted by molar-refractivity contribution is 0.00107. The Labute approximate surface area is 77.0 Å². The van der Waals surface area contributed by atoms with E-state index in [0.717, 1.165) is 13.1 Å². The Morgan fingerprint density at radius 2 is 2.15 bits per heavy atom. The SMILES string of the molecule is OC1(c2cccnn2)CCNCC1. The Morgan fingerprint density at radius 3 is 2.77 bits per heavy atom. The molecule has 0 atom stereocenters. The van der Waals surface area contributed by atoms with E-state index < -0.39 is 5.60 Å². The van der Waals surface area contributed by atoms with Crippen LogP contribution in [0.1, 0.15) is 18.5 Å². The fourth-order valence-corrected chi connectivity index (χ4v) is 1.65. The molecule has 2 N–H and O–H groups in total. The van der Waals surface area contributed by atoms with Crippen LogP contribution in [0.5, 0.6) is 0 Å². The van der Waals surface area contributed by atoms with E-state index in [2.05, 4.69) is 15.5 Å². The van der Waals surface area contributed by atoms with Gasteiger partial charge in [-0.3, -0.25) is 0 Å². The van der Waals surface area contributed by atoms with Gasteiger partial charge in [-0.05, 0) is 38.1 Å². The Hall–Kier alpha value is -1.00. The van der Waals surface area contributed by atoms with Gasteiger partial charge in [0.25, 0.3) is 0 Å². The van der Waals surface area contributed by atoms with Crippen LogP contribution in [0.3, 0.4) is 0 Å². The Bertz CT molecular complexity index is 269. The number of hydrogen-bond donors (Lipinski definition) is 2. The molecule has 0 radical (unpaired) electrons. The van der Waals surface area contributed by atoms with Crippen LogP contribution in [0, 0.1) is 0 Å². The highest BCUT2D eigenvalue weighted by Crippen LogP contribution is 2.27. The summed E-state index contributed by atoms with van der Waals surface area (Å²) in [7, 11) is 0. The van der Waals surface area contributed by atoms with Crippen molar-refractivity contribution >= 4 is 0 Å². The van der Waals surface area contributed by atoms with Crippen molar-refractivity contribution in [2.24, 2.45) is 0 Å². The summed E-state index contributed by atoms with van der Waals surface area (Å²) in [6.45, 7) is 1.68. The molecule has 1 aromatic rings. The third-order valence-corrected chi connectivity index (χ3v) is 2.48. The Balaban J connectivity index is 2.23. The van der Waals surface area contributed by atoms with Crippen molar-refractivity contribution < 1.29 is 5.11 Å². The molecule has 13 heavy (non-hydrogen) atoms. The largest absolute Gasteiger partial charge is 0.383 e. The highest BCUT2D eigenvalue weighted by atomic mass is 16.3. The van der Waals surface area contributed by atoms with Crippen LogP contribution in [0.25, 0.3) is 0 Å². The minimum Gasteiger partial charge on any atom is -0.383 e. The molecule has 0 aromatic carbocycles. The molecule has 1 saturated heterocycles. The van der Waals surface area contributed by atoms with E-state index in [1.54, 1.807) is 6.20 Å². The summed E-state index contributed by atoms with van der Waals surface area (Å²) >= 11 is 0. The predicted octanol–water partition coefficient (Wildman–Crippen LogP) is 0.0476. The smallest absolute Gasteiger partial charge is 0.111 e. The molecule has 4 nitrogen and oxygen atoms in total. The lowest BCUT2D eigenvalue weighted by Crippen LogP contribution is -2.40. The summed E-state index contributed by atoms with van der Waals surface area (Å²) in [6, 6.07) is 3.64. The third-order valence-electron chi connectivity index (χ3n) is 2.48. The Morgan fingerprint density at radius 1 is 1.38 bits per heavy atom. The maximum Gasteiger partial charge on any atom is 0.111 e. The van der Waals surface area contributed by atoms with Gasteiger partial charge >= 0.3 is 0 Å². The summed E-state index contributed by atoms with van der Waals surface area (Å²) < 4.78 is 0. The third kappa shape index (κ3) is 1.68. The molecule has 0 saturated carbocycles. The standard InChI is InChI=1S/C9H13N3O/c13-9(3-6-10-7-4-9)8-2-1-5-11-12-8/h1-2,5,10,13H,3-4,6-7H2. The van der Waals surface area contributed by atoms with E-state index in [0.29, 0.717) is 18.5 Å². The molecule has 0 spiro atoms. The fourth-order valence-electron chi connectivity index (χ4n) is 1.65. The first-order valence-electron chi connectivity index (χ1n) is 4.52. The second-order valence-corrected chi connectivity index (χ2v) is 3.39. The minimum atomic E-state index is -0.764. The molecule has 1 fully saturated rings.